The third-order valence-corrected chi connectivity index (χ3v) is 2.54. The topological polar surface area (TPSA) is 64.3 Å². The summed E-state index contributed by atoms with van der Waals surface area (Å²) in [5, 5.41) is 3.12. The van der Waals surface area contributed by atoms with Crippen molar-refractivity contribution < 1.29 is 9.53 Å². The highest BCUT2D eigenvalue weighted by atomic mass is 16.5. The standard InChI is InChI=1S/C9H18N2O2/c1-13-8-5-3-2-4-7(8)11-6-9(10)12/h7-8,11H,2-6H2,1H3,(H2,10,12). The van der Waals surface area contributed by atoms with E-state index in [4.69, 9.17) is 10.5 Å². The maximum Gasteiger partial charge on any atom is 0.231 e. The van der Waals surface area contributed by atoms with E-state index in [0.29, 0.717) is 6.04 Å². The smallest absolute Gasteiger partial charge is 0.231 e. The number of carbonyl (C=O) groups excluding carboxylic acids is 1. The summed E-state index contributed by atoms with van der Waals surface area (Å²) < 4.78 is 5.32. The first-order valence-corrected chi connectivity index (χ1v) is 4.78. The Bertz CT molecular complexity index is 173. The molecular formula is C9H18N2O2. The van der Waals surface area contributed by atoms with Gasteiger partial charge in [-0.1, -0.05) is 12.8 Å². The lowest BCUT2D eigenvalue weighted by Gasteiger charge is -2.30. The molecule has 76 valence electrons. The fourth-order valence-electron chi connectivity index (χ4n) is 1.84. The van der Waals surface area contributed by atoms with E-state index < -0.39 is 0 Å². The molecule has 0 radical (unpaired) electrons. The zero-order chi connectivity index (χ0) is 9.68. The second-order valence-electron chi connectivity index (χ2n) is 3.51. The van der Waals surface area contributed by atoms with E-state index >= 15 is 0 Å². The van der Waals surface area contributed by atoms with Gasteiger partial charge in [0.25, 0.3) is 0 Å². The normalized spacial score (nSPS) is 28.7. The lowest BCUT2D eigenvalue weighted by molar-refractivity contribution is -0.117. The number of amides is 1. The van der Waals surface area contributed by atoms with Gasteiger partial charge in [0.15, 0.2) is 0 Å². The van der Waals surface area contributed by atoms with Gasteiger partial charge in [-0.2, -0.15) is 0 Å². The molecule has 1 amide bonds. The number of hydrogen-bond acceptors (Lipinski definition) is 3. The molecule has 0 spiro atoms. The van der Waals surface area contributed by atoms with Crippen LogP contribution in [0.4, 0.5) is 0 Å². The van der Waals surface area contributed by atoms with Gasteiger partial charge in [-0.15, -0.1) is 0 Å². The number of hydrogen-bond donors (Lipinski definition) is 2. The molecule has 2 unspecified atom stereocenters. The number of ether oxygens (including phenoxy) is 1. The van der Waals surface area contributed by atoms with E-state index in [2.05, 4.69) is 5.32 Å². The third-order valence-electron chi connectivity index (χ3n) is 2.54. The number of nitrogens with two attached hydrogens (primary N) is 1. The molecule has 13 heavy (non-hydrogen) atoms. The quantitative estimate of drug-likeness (QED) is 0.650. The molecule has 1 aliphatic carbocycles. The van der Waals surface area contributed by atoms with Crippen LogP contribution in [0, 0.1) is 0 Å². The molecule has 0 saturated heterocycles. The summed E-state index contributed by atoms with van der Waals surface area (Å²) in [6.45, 7) is 0.254. The second kappa shape index (κ2) is 5.19. The average Bonchev–Trinajstić information content (AvgIpc) is 2.15. The maximum atomic E-state index is 10.6. The van der Waals surface area contributed by atoms with Gasteiger partial charge in [0.2, 0.25) is 5.91 Å². The molecule has 3 N–H and O–H groups in total. The Balaban J connectivity index is 2.31. The summed E-state index contributed by atoms with van der Waals surface area (Å²) >= 11 is 0. The largest absolute Gasteiger partial charge is 0.380 e. The highest BCUT2D eigenvalue weighted by molar-refractivity contribution is 5.75. The summed E-state index contributed by atoms with van der Waals surface area (Å²) in [5.41, 5.74) is 5.05. The Morgan fingerprint density at radius 3 is 2.85 bits per heavy atom. The van der Waals surface area contributed by atoms with Gasteiger partial charge in [0, 0.05) is 13.2 Å². The molecule has 0 bridgehead atoms. The summed E-state index contributed by atoms with van der Waals surface area (Å²) in [6, 6.07) is 0.297. The monoisotopic (exact) mass is 186 g/mol. The lowest BCUT2D eigenvalue weighted by atomic mass is 9.92. The van der Waals surface area contributed by atoms with Gasteiger partial charge in [0.05, 0.1) is 12.6 Å². The first kappa shape index (κ1) is 10.5. The van der Waals surface area contributed by atoms with Crippen LogP contribution in [0.3, 0.4) is 0 Å². The minimum Gasteiger partial charge on any atom is -0.380 e. The van der Waals surface area contributed by atoms with Crippen molar-refractivity contribution in [1.29, 1.82) is 0 Å². The van der Waals surface area contributed by atoms with Gasteiger partial charge >= 0.3 is 0 Å². The summed E-state index contributed by atoms with van der Waals surface area (Å²) in [6.07, 6.45) is 4.82. The molecule has 0 aliphatic heterocycles. The number of nitrogens with one attached hydrogen (secondary N) is 1. The van der Waals surface area contributed by atoms with Crippen LogP contribution in [0.25, 0.3) is 0 Å². The van der Waals surface area contributed by atoms with E-state index in [1.54, 1.807) is 7.11 Å². The van der Waals surface area contributed by atoms with Crippen LogP contribution in [-0.4, -0.2) is 31.7 Å². The molecule has 0 heterocycles. The number of carbonyl (C=O) groups is 1. The molecule has 4 nitrogen and oxygen atoms in total. The molecule has 0 aromatic carbocycles. The van der Waals surface area contributed by atoms with E-state index in [9.17, 15) is 4.79 Å². The van der Waals surface area contributed by atoms with Gasteiger partial charge in [-0.25, -0.2) is 0 Å². The lowest BCUT2D eigenvalue weighted by Crippen LogP contribution is -2.46. The van der Waals surface area contributed by atoms with Crippen molar-refractivity contribution >= 4 is 5.91 Å². The van der Waals surface area contributed by atoms with Crippen LogP contribution in [0.5, 0.6) is 0 Å². The Hall–Kier alpha value is -0.610. The van der Waals surface area contributed by atoms with Crippen molar-refractivity contribution in [3.05, 3.63) is 0 Å². The number of methoxy groups -OCH3 is 1. The van der Waals surface area contributed by atoms with Crippen LogP contribution >= 0.6 is 0 Å². The number of primary amides is 1. The molecule has 2 atom stereocenters. The minimum absolute atomic E-state index is 0.244. The molecular weight excluding hydrogens is 168 g/mol. The van der Waals surface area contributed by atoms with Crippen molar-refractivity contribution in [1.82, 2.24) is 5.32 Å². The molecule has 0 aromatic rings. The fraction of sp³-hybridized carbons (Fsp3) is 0.889. The van der Waals surface area contributed by atoms with E-state index in [0.717, 1.165) is 12.8 Å². The van der Waals surface area contributed by atoms with Crippen LogP contribution in [0.15, 0.2) is 0 Å². The van der Waals surface area contributed by atoms with Crippen LogP contribution < -0.4 is 11.1 Å². The van der Waals surface area contributed by atoms with Crippen molar-refractivity contribution in [2.45, 2.75) is 37.8 Å². The highest BCUT2D eigenvalue weighted by Gasteiger charge is 2.24. The highest BCUT2D eigenvalue weighted by Crippen LogP contribution is 2.20. The summed E-state index contributed by atoms with van der Waals surface area (Å²) in [4.78, 5) is 10.6. The van der Waals surface area contributed by atoms with Crippen LogP contribution in [-0.2, 0) is 9.53 Å². The van der Waals surface area contributed by atoms with Crippen molar-refractivity contribution in [3.63, 3.8) is 0 Å². The molecule has 1 fully saturated rings. The third kappa shape index (κ3) is 3.32. The van der Waals surface area contributed by atoms with Gasteiger partial charge in [-0.05, 0) is 12.8 Å². The molecule has 1 saturated carbocycles. The van der Waals surface area contributed by atoms with Gasteiger partial charge in [0.1, 0.15) is 0 Å². The first-order valence-electron chi connectivity index (χ1n) is 4.78. The van der Waals surface area contributed by atoms with Crippen molar-refractivity contribution in [3.8, 4) is 0 Å². The SMILES string of the molecule is COC1CCCCC1NCC(N)=O. The zero-order valence-corrected chi connectivity index (χ0v) is 8.08. The van der Waals surface area contributed by atoms with E-state index in [1.807, 2.05) is 0 Å². The second-order valence-corrected chi connectivity index (χ2v) is 3.51. The van der Waals surface area contributed by atoms with E-state index in [1.165, 1.54) is 12.8 Å². The Morgan fingerprint density at radius 2 is 2.23 bits per heavy atom. The molecule has 1 rings (SSSR count). The summed E-state index contributed by atoms with van der Waals surface area (Å²) in [5.74, 6) is -0.305. The summed E-state index contributed by atoms with van der Waals surface area (Å²) in [7, 11) is 1.72. The average molecular weight is 186 g/mol. The van der Waals surface area contributed by atoms with Gasteiger partial charge < -0.3 is 15.8 Å². The minimum atomic E-state index is -0.305. The molecule has 4 heteroatoms. The Kier molecular flexibility index (Phi) is 4.18. The van der Waals surface area contributed by atoms with Crippen LogP contribution in [0.2, 0.25) is 0 Å². The zero-order valence-electron chi connectivity index (χ0n) is 8.08. The van der Waals surface area contributed by atoms with Crippen molar-refractivity contribution in [2.75, 3.05) is 13.7 Å². The van der Waals surface area contributed by atoms with Gasteiger partial charge in [-0.3, -0.25) is 4.79 Å². The predicted molar refractivity (Wildman–Crippen MR) is 50.3 cm³/mol. The Morgan fingerprint density at radius 1 is 1.54 bits per heavy atom. The van der Waals surface area contributed by atoms with Crippen molar-refractivity contribution in [2.24, 2.45) is 5.73 Å². The predicted octanol–water partition coefficient (Wildman–Crippen LogP) is 0.0189. The maximum absolute atomic E-state index is 10.6. The fourth-order valence-corrected chi connectivity index (χ4v) is 1.84. The number of rotatable bonds is 4. The van der Waals surface area contributed by atoms with Crippen LogP contribution in [0.1, 0.15) is 25.7 Å². The first-order chi connectivity index (χ1) is 6.24. The molecule has 1 aliphatic rings. The Labute approximate surface area is 78.8 Å². The molecule has 0 aromatic heterocycles. The van der Waals surface area contributed by atoms with E-state index in [-0.39, 0.29) is 18.6 Å².